The second kappa shape index (κ2) is 7.39. The Morgan fingerprint density at radius 2 is 2.04 bits per heavy atom. The van der Waals surface area contributed by atoms with Crippen molar-refractivity contribution in [2.24, 2.45) is 0 Å². The molecule has 0 unspecified atom stereocenters. The minimum atomic E-state index is -0.392. The zero-order valence-electron chi connectivity index (χ0n) is 13.1. The average Bonchev–Trinajstić information content (AvgIpc) is 3.18. The zero-order chi connectivity index (χ0) is 16.9. The average molecular weight is 348 g/mol. The normalized spacial score (nSPS) is 11.1. The molecule has 24 heavy (non-hydrogen) atoms. The van der Waals surface area contributed by atoms with E-state index in [1.54, 1.807) is 22.9 Å². The van der Waals surface area contributed by atoms with E-state index in [9.17, 15) is 4.39 Å². The van der Waals surface area contributed by atoms with Crippen LogP contribution >= 0.6 is 11.8 Å². The number of nitrogens with two attached hydrogens (primary N) is 1. The molecular formula is C14H17FN8S. The third-order valence-electron chi connectivity index (χ3n) is 3.44. The molecule has 0 atom stereocenters. The van der Waals surface area contributed by atoms with Gasteiger partial charge in [-0.05, 0) is 29.0 Å². The second-order valence-electron chi connectivity index (χ2n) is 5.12. The van der Waals surface area contributed by atoms with Crippen molar-refractivity contribution in [1.29, 1.82) is 0 Å². The Labute approximate surface area is 142 Å². The number of unbranched alkanes of at least 4 members (excludes halogenated alkanes) is 1. The van der Waals surface area contributed by atoms with E-state index in [1.165, 1.54) is 22.5 Å². The van der Waals surface area contributed by atoms with Crippen molar-refractivity contribution < 1.29 is 4.39 Å². The van der Waals surface area contributed by atoms with E-state index < -0.39 is 5.82 Å². The largest absolute Gasteiger partial charge is 0.335 e. The molecule has 0 aliphatic carbocycles. The van der Waals surface area contributed by atoms with Crippen LogP contribution in [0.4, 0.5) is 4.39 Å². The van der Waals surface area contributed by atoms with Crippen LogP contribution in [0.25, 0.3) is 11.4 Å². The highest BCUT2D eigenvalue weighted by Gasteiger charge is 2.16. The van der Waals surface area contributed by atoms with Gasteiger partial charge in [-0.15, -0.1) is 15.3 Å². The molecule has 0 saturated heterocycles. The molecule has 10 heteroatoms. The van der Waals surface area contributed by atoms with Crippen molar-refractivity contribution in [1.82, 2.24) is 35.1 Å². The van der Waals surface area contributed by atoms with Crippen LogP contribution in [-0.2, 0) is 12.3 Å². The number of nitrogen functional groups attached to an aromatic ring is 1. The van der Waals surface area contributed by atoms with Gasteiger partial charge in [-0.1, -0.05) is 37.2 Å². The van der Waals surface area contributed by atoms with Crippen LogP contribution in [0.2, 0.25) is 0 Å². The van der Waals surface area contributed by atoms with Gasteiger partial charge in [0.15, 0.2) is 11.6 Å². The summed E-state index contributed by atoms with van der Waals surface area (Å²) in [6.45, 7) is 2.88. The summed E-state index contributed by atoms with van der Waals surface area (Å²) in [6.07, 6.45) is 2.07. The van der Waals surface area contributed by atoms with Crippen LogP contribution in [0.1, 0.15) is 25.6 Å². The van der Waals surface area contributed by atoms with Gasteiger partial charge in [0.25, 0.3) is 0 Å². The lowest BCUT2D eigenvalue weighted by Crippen LogP contribution is -2.12. The van der Waals surface area contributed by atoms with E-state index in [2.05, 4.69) is 32.6 Å². The van der Waals surface area contributed by atoms with Crippen LogP contribution in [-0.4, -0.2) is 35.1 Å². The first-order valence-corrected chi connectivity index (χ1v) is 8.52. The molecule has 0 amide bonds. The van der Waals surface area contributed by atoms with Gasteiger partial charge < -0.3 is 5.84 Å². The van der Waals surface area contributed by atoms with Crippen molar-refractivity contribution in [3.63, 3.8) is 0 Å². The number of hydrogen-bond donors (Lipinski definition) is 1. The molecule has 0 aliphatic rings. The van der Waals surface area contributed by atoms with Crippen molar-refractivity contribution in [2.45, 2.75) is 37.2 Å². The number of benzene rings is 1. The number of nitrogens with zero attached hydrogens (tertiary/aromatic N) is 7. The molecular weight excluding hydrogens is 331 g/mol. The fourth-order valence-electron chi connectivity index (χ4n) is 2.14. The Bertz CT molecular complexity index is 815. The number of aromatic nitrogens is 7. The molecule has 8 nitrogen and oxygen atoms in total. The molecule has 0 radical (unpaired) electrons. The highest BCUT2D eigenvalue weighted by molar-refractivity contribution is 7.98. The van der Waals surface area contributed by atoms with E-state index >= 15 is 0 Å². The number of tetrazole rings is 1. The van der Waals surface area contributed by atoms with Crippen LogP contribution in [0.3, 0.4) is 0 Å². The fourth-order valence-corrected chi connectivity index (χ4v) is 2.93. The molecule has 0 spiro atoms. The van der Waals surface area contributed by atoms with E-state index in [1.807, 2.05) is 0 Å². The fraction of sp³-hybridized carbons (Fsp3) is 0.357. The number of rotatable bonds is 7. The number of hydrogen-bond acceptors (Lipinski definition) is 7. The first kappa shape index (κ1) is 16.4. The topological polar surface area (TPSA) is 100 Å². The van der Waals surface area contributed by atoms with Crippen molar-refractivity contribution in [2.75, 3.05) is 5.84 Å². The molecule has 126 valence electrons. The van der Waals surface area contributed by atoms with Crippen LogP contribution in [0, 0.1) is 5.82 Å². The first-order valence-electron chi connectivity index (χ1n) is 7.54. The third kappa shape index (κ3) is 3.37. The smallest absolute Gasteiger partial charge is 0.210 e. The number of aryl methyl sites for hydroxylation is 1. The predicted octanol–water partition coefficient (Wildman–Crippen LogP) is 1.88. The summed E-state index contributed by atoms with van der Waals surface area (Å²) in [5.74, 6) is 7.14. The SMILES string of the molecule is CCCCn1nnnc1CSc1nnc(-c2ccccc2F)n1N. The Morgan fingerprint density at radius 3 is 2.83 bits per heavy atom. The minimum absolute atomic E-state index is 0.279. The minimum Gasteiger partial charge on any atom is -0.335 e. The highest BCUT2D eigenvalue weighted by atomic mass is 32.2. The summed E-state index contributed by atoms with van der Waals surface area (Å²) < 4.78 is 16.9. The lowest BCUT2D eigenvalue weighted by molar-refractivity contribution is 0.540. The van der Waals surface area contributed by atoms with E-state index in [0.29, 0.717) is 16.5 Å². The molecule has 0 bridgehead atoms. The van der Waals surface area contributed by atoms with E-state index in [0.717, 1.165) is 25.2 Å². The monoisotopic (exact) mass is 348 g/mol. The summed E-state index contributed by atoms with van der Waals surface area (Å²) in [7, 11) is 0. The predicted molar refractivity (Wildman–Crippen MR) is 87.9 cm³/mol. The lowest BCUT2D eigenvalue weighted by atomic mass is 10.2. The summed E-state index contributed by atoms with van der Waals surface area (Å²) in [6, 6.07) is 6.31. The summed E-state index contributed by atoms with van der Waals surface area (Å²) in [5.41, 5.74) is 0.312. The maximum absolute atomic E-state index is 13.9. The zero-order valence-corrected chi connectivity index (χ0v) is 13.9. The molecule has 0 aliphatic heterocycles. The summed E-state index contributed by atoms with van der Waals surface area (Å²) >= 11 is 1.35. The maximum Gasteiger partial charge on any atom is 0.210 e. The molecule has 1 aromatic carbocycles. The van der Waals surface area contributed by atoms with Crippen LogP contribution in [0.15, 0.2) is 29.4 Å². The van der Waals surface area contributed by atoms with Crippen LogP contribution < -0.4 is 5.84 Å². The molecule has 2 aromatic heterocycles. The van der Waals surface area contributed by atoms with Gasteiger partial charge in [-0.3, -0.25) is 0 Å². The standard InChI is InChI=1S/C14H17FN8S/c1-2-3-8-22-12(17-20-21-22)9-24-14-19-18-13(23(14)16)10-6-4-5-7-11(10)15/h4-7H,2-3,8-9,16H2,1H3. The Balaban J connectivity index is 1.74. The van der Waals surface area contributed by atoms with Crippen molar-refractivity contribution >= 4 is 11.8 Å². The number of thioether (sulfide) groups is 1. The molecule has 3 rings (SSSR count). The quantitative estimate of drug-likeness (QED) is 0.514. The van der Waals surface area contributed by atoms with Gasteiger partial charge in [0.1, 0.15) is 5.82 Å². The molecule has 3 aromatic rings. The van der Waals surface area contributed by atoms with Crippen molar-refractivity contribution in [3.05, 3.63) is 35.9 Å². The van der Waals surface area contributed by atoms with Gasteiger partial charge in [-0.25, -0.2) is 13.7 Å². The van der Waals surface area contributed by atoms with E-state index in [4.69, 9.17) is 5.84 Å². The van der Waals surface area contributed by atoms with Gasteiger partial charge in [0.05, 0.1) is 11.3 Å². The third-order valence-corrected chi connectivity index (χ3v) is 4.38. The first-order chi connectivity index (χ1) is 11.7. The Morgan fingerprint density at radius 1 is 1.21 bits per heavy atom. The molecule has 0 saturated carbocycles. The maximum atomic E-state index is 13.9. The Kier molecular flexibility index (Phi) is 5.04. The van der Waals surface area contributed by atoms with Crippen molar-refractivity contribution in [3.8, 4) is 11.4 Å². The van der Waals surface area contributed by atoms with Gasteiger partial charge in [-0.2, -0.15) is 0 Å². The van der Waals surface area contributed by atoms with Gasteiger partial charge >= 0.3 is 0 Å². The van der Waals surface area contributed by atoms with Crippen LogP contribution in [0.5, 0.6) is 0 Å². The lowest BCUT2D eigenvalue weighted by Gasteiger charge is -2.05. The van der Waals surface area contributed by atoms with E-state index in [-0.39, 0.29) is 5.82 Å². The number of halogens is 1. The highest BCUT2D eigenvalue weighted by Crippen LogP contribution is 2.25. The summed E-state index contributed by atoms with van der Waals surface area (Å²) in [5, 5.41) is 20.2. The Hall–Kier alpha value is -2.49. The molecule has 0 fully saturated rings. The van der Waals surface area contributed by atoms with Gasteiger partial charge in [0, 0.05) is 6.54 Å². The van der Waals surface area contributed by atoms with Gasteiger partial charge in [0.2, 0.25) is 5.16 Å². The summed E-state index contributed by atoms with van der Waals surface area (Å²) in [4.78, 5) is 0. The molecule has 2 heterocycles. The molecule has 2 N–H and O–H groups in total. The second-order valence-corrected chi connectivity index (χ2v) is 6.06.